The zero-order valence-electron chi connectivity index (χ0n) is 15.3. The zero-order chi connectivity index (χ0) is 18.8. The monoisotopic (exact) mass is 362 g/mol. The van der Waals surface area contributed by atoms with Crippen LogP contribution >= 0.6 is 0 Å². The van der Waals surface area contributed by atoms with Crippen molar-refractivity contribution >= 4 is 16.9 Å². The molecule has 0 aliphatic heterocycles. The number of hydrogen-bond acceptors (Lipinski definition) is 4. The third-order valence-corrected chi connectivity index (χ3v) is 5.27. The molecule has 1 heterocycles. The minimum atomic E-state index is -0.864. The van der Waals surface area contributed by atoms with Crippen LogP contribution in [0.3, 0.4) is 0 Å². The Kier molecular flexibility index (Phi) is 4.75. The van der Waals surface area contributed by atoms with Crippen LogP contribution in [0, 0.1) is 0 Å². The van der Waals surface area contributed by atoms with Crippen LogP contribution in [0.5, 0.6) is 5.75 Å². The van der Waals surface area contributed by atoms with Crippen molar-refractivity contribution in [2.45, 2.75) is 38.5 Å². The van der Waals surface area contributed by atoms with Crippen LogP contribution in [0.25, 0.3) is 22.2 Å². The molecule has 27 heavy (non-hydrogen) atoms. The largest absolute Gasteiger partial charge is 0.494 e. The summed E-state index contributed by atoms with van der Waals surface area (Å²) in [6, 6.07) is 11.4. The molecule has 1 fully saturated rings. The van der Waals surface area contributed by atoms with Crippen LogP contribution in [-0.2, 0) is 0 Å². The molecule has 4 rings (SSSR count). The van der Waals surface area contributed by atoms with Gasteiger partial charge in [0.2, 0.25) is 0 Å². The van der Waals surface area contributed by atoms with Gasteiger partial charge in [-0.15, -0.1) is 0 Å². The van der Waals surface area contributed by atoms with E-state index in [1.54, 1.807) is 12.4 Å². The summed E-state index contributed by atoms with van der Waals surface area (Å²) in [5, 5.41) is 10.5. The fraction of sp³-hybridized carbons (Fsp3) is 0.318. The quantitative estimate of drug-likeness (QED) is 0.687. The van der Waals surface area contributed by atoms with Gasteiger partial charge in [-0.25, -0.2) is 14.8 Å². The van der Waals surface area contributed by atoms with Gasteiger partial charge in [0.25, 0.3) is 0 Å². The fourth-order valence-corrected chi connectivity index (χ4v) is 4.00. The van der Waals surface area contributed by atoms with Gasteiger partial charge in [0, 0.05) is 17.0 Å². The van der Waals surface area contributed by atoms with Gasteiger partial charge in [0.05, 0.1) is 23.4 Å². The van der Waals surface area contributed by atoms with Crippen LogP contribution in [0.2, 0.25) is 0 Å². The molecule has 0 bridgehead atoms. The maximum absolute atomic E-state index is 11.7. The first-order valence-electron chi connectivity index (χ1n) is 9.42. The highest BCUT2D eigenvalue weighted by atomic mass is 16.5. The maximum atomic E-state index is 11.7. The molecule has 0 spiro atoms. The van der Waals surface area contributed by atoms with E-state index in [-0.39, 0.29) is 0 Å². The van der Waals surface area contributed by atoms with Crippen LogP contribution < -0.4 is 4.74 Å². The van der Waals surface area contributed by atoms with Crippen molar-refractivity contribution < 1.29 is 14.6 Å². The van der Waals surface area contributed by atoms with Gasteiger partial charge < -0.3 is 9.84 Å². The molecular formula is C22H22N2O3. The molecule has 0 atom stereocenters. The number of carboxylic acids is 1. The number of benzene rings is 2. The predicted octanol–water partition coefficient (Wildman–Crippen LogP) is 5.05. The average molecular weight is 362 g/mol. The topological polar surface area (TPSA) is 72.3 Å². The van der Waals surface area contributed by atoms with Crippen LogP contribution in [0.4, 0.5) is 0 Å². The lowest BCUT2D eigenvalue weighted by Crippen LogP contribution is -2.06. The highest BCUT2D eigenvalue weighted by molar-refractivity contribution is 5.95. The van der Waals surface area contributed by atoms with Gasteiger partial charge in [-0.3, -0.25) is 0 Å². The predicted molar refractivity (Wildman–Crippen MR) is 104 cm³/mol. The Morgan fingerprint density at radius 2 is 1.96 bits per heavy atom. The van der Waals surface area contributed by atoms with Crippen LogP contribution in [-0.4, -0.2) is 27.7 Å². The van der Waals surface area contributed by atoms with Crippen molar-refractivity contribution in [3.05, 3.63) is 53.9 Å². The summed E-state index contributed by atoms with van der Waals surface area (Å²) < 4.78 is 5.56. The standard InChI is InChI=1S/C22H22N2O3/c1-2-27-16-8-10-18-20(12-16)23-13-24-21(18)15-7-9-17(22(25)26)19(11-15)14-5-3-4-6-14/h7-14H,2-6H2,1H3,(H,25,26). The summed E-state index contributed by atoms with van der Waals surface area (Å²) in [5.41, 5.74) is 3.89. The van der Waals surface area contributed by atoms with Gasteiger partial charge in [-0.2, -0.15) is 0 Å². The van der Waals surface area contributed by atoms with E-state index in [0.717, 1.165) is 59.2 Å². The Hall–Kier alpha value is -2.95. The molecule has 1 aliphatic rings. The normalized spacial score (nSPS) is 14.6. The van der Waals surface area contributed by atoms with Crippen LogP contribution in [0.15, 0.2) is 42.7 Å². The molecule has 2 aromatic carbocycles. The second-order valence-electron chi connectivity index (χ2n) is 6.92. The average Bonchev–Trinajstić information content (AvgIpc) is 3.22. The molecule has 5 heteroatoms. The number of rotatable bonds is 5. The number of fused-ring (bicyclic) bond motifs is 1. The summed E-state index contributed by atoms with van der Waals surface area (Å²) in [7, 11) is 0. The van der Waals surface area contributed by atoms with Gasteiger partial charge in [-0.1, -0.05) is 18.9 Å². The number of ether oxygens (including phenoxy) is 1. The maximum Gasteiger partial charge on any atom is 0.335 e. The highest BCUT2D eigenvalue weighted by Gasteiger charge is 2.23. The van der Waals surface area contributed by atoms with Gasteiger partial charge in [-0.05, 0) is 55.5 Å². The lowest BCUT2D eigenvalue weighted by atomic mass is 9.90. The molecule has 1 N–H and O–H groups in total. The number of aromatic carboxylic acids is 1. The first-order chi connectivity index (χ1) is 13.2. The SMILES string of the molecule is CCOc1ccc2c(-c3ccc(C(=O)O)c(C4CCCC4)c3)ncnc2c1. The van der Waals surface area contributed by atoms with E-state index < -0.39 is 5.97 Å². The summed E-state index contributed by atoms with van der Waals surface area (Å²) in [5.74, 6) is 0.230. The van der Waals surface area contributed by atoms with E-state index in [1.807, 2.05) is 37.3 Å². The fourth-order valence-electron chi connectivity index (χ4n) is 4.00. The Balaban J connectivity index is 1.83. The number of nitrogens with zero attached hydrogens (tertiary/aromatic N) is 2. The van der Waals surface area contributed by atoms with Crippen LogP contribution in [0.1, 0.15) is 54.4 Å². The van der Waals surface area contributed by atoms with Crippen molar-refractivity contribution in [2.75, 3.05) is 6.61 Å². The van der Waals surface area contributed by atoms with Gasteiger partial charge >= 0.3 is 5.97 Å². The first kappa shape index (κ1) is 17.5. The minimum Gasteiger partial charge on any atom is -0.494 e. The lowest BCUT2D eigenvalue weighted by Gasteiger charge is -2.15. The third kappa shape index (κ3) is 3.37. The molecule has 1 saturated carbocycles. The minimum absolute atomic E-state index is 0.314. The molecule has 3 aromatic rings. The van der Waals surface area contributed by atoms with E-state index in [9.17, 15) is 9.90 Å². The van der Waals surface area contributed by atoms with Gasteiger partial charge in [0.15, 0.2) is 0 Å². The smallest absolute Gasteiger partial charge is 0.335 e. The Morgan fingerprint density at radius 3 is 2.70 bits per heavy atom. The molecule has 0 unspecified atom stereocenters. The molecule has 138 valence electrons. The second kappa shape index (κ2) is 7.35. The Morgan fingerprint density at radius 1 is 1.15 bits per heavy atom. The summed E-state index contributed by atoms with van der Waals surface area (Å²) >= 11 is 0. The number of carbonyl (C=O) groups is 1. The van der Waals surface area contributed by atoms with E-state index >= 15 is 0 Å². The summed E-state index contributed by atoms with van der Waals surface area (Å²) in [6.45, 7) is 2.55. The van der Waals surface area contributed by atoms with E-state index in [4.69, 9.17) is 4.74 Å². The summed E-state index contributed by atoms with van der Waals surface area (Å²) in [4.78, 5) is 20.6. The molecular weight excluding hydrogens is 340 g/mol. The Labute approximate surface area is 158 Å². The summed E-state index contributed by atoms with van der Waals surface area (Å²) in [6.07, 6.45) is 5.96. The molecule has 0 radical (unpaired) electrons. The van der Waals surface area contributed by atoms with Crippen molar-refractivity contribution in [2.24, 2.45) is 0 Å². The van der Waals surface area contributed by atoms with Crippen molar-refractivity contribution in [1.29, 1.82) is 0 Å². The number of hydrogen-bond donors (Lipinski definition) is 1. The van der Waals surface area contributed by atoms with E-state index in [0.29, 0.717) is 18.1 Å². The second-order valence-corrected chi connectivity index (χ2v) is 6.92. The first-order valence-corrected chi connectivity index (χ1v) is 9.42. The molecule has 0 saturated heterocycles. The molecule has 1 aliphatic carbocycles. The van der Waals surface area contributed by atoms with E-state index in [2.05, 4.69) is 9.97 Å². The number of aromatic nitrogens is 2. The van der Waals surface area contributed by atoms with Gasteiger partial charge in [0.1, 0.15) is 12.1 Å². The zero-order valence-corrected chi connectivity index (χ0v) is 15.3. The number of carboxylic acid groups (broad SMARTS) is 1. The molecule has 1 aromatic heterocycles. The van der Waals surface area contributed by atoms with Crippen molar-refractivity contribution in [3.63, 3.8) is 0 Å². The lowest BCUT2D eigenvalue weighted by molar-refractivity contribution is 0.0695. The molecule has 0 amide bonds. The Bertz CT molecular complexity index is 994. The third-order valence-electron chi connectivity index (χ3n) is 5.27. The van der Waals surface area contributed by atoms with Crippen molar-refractivity contribution in [1.82, 2.24) is 9.97 Å². The van der Waals surface area contributed by atoms with E-state index in [1.165, 1.54) is 0 Å². The van der Waals surface area contributed by atoms with Crippen molar-refractivity contribution in [3.8, 4) is 17.0 Å². The molecule has 5 nitrogen and oxygen atoms in total. The highest BCUT2D eigenvalue weighted by Crippen LogP contribution is 2.38.